The summed E-state index contributed by atoms with van der Waals surface area (Å²) in [6.07, 6.45) is 47.0. The van der Waals surface area contributed by atoms with Gasteiger partial charge >= 0.3 is 23.9 Å². The standard InChI is InChI=1S/C63H124N4O8/c1-7-10-13-16-19-22-25-28-31-34-37-40-57-73-61(69)44-48-66(47-43-60(68)72-6)55-53-64(4)51-52-65(5)54-56-67(49-45-62(70)74-58-41-38-35-32-29-26-23-20-17-14-11-8-2)50-46-63(71)75-59-42-39-36-33-30-27-24-21-18-15-12-9-3/h7-59H2,1-6H3. The maximum absolute atomic E-state index is 12.8. The summed E-state index contributed by atoms with van der Waals surface area (Å²) < 4.78 is 21.8. The van der Waals surface area contributed by atoms with Gasteiger partial charge in [0.2, 0.25) is 0 Å². The van der Waals surface area contributed by atoms with Crippen molar-refractivity contribution in [2.24, 2.45) is 0 Å². The van der Waals surface area contributed by atoms with E-state index in [0.29, 0.717) is 65.3 Å². The molecule has 0 aromatic heterocycles. The maximum atomic E-state index is 12.8. The number of rotatable bonds is 60. The molecule has 444 valence electrons. The Labute approximate surface area is 464 Å². The van der Waals surface area contributed by atoms with Crippen molar-refractivity contribution in [3.8, 4) is 0 Å². The highest BCUT2D eigenvalue weighted by Gasteiger charge is 2.16. The van der Waals surface area contributed by atoms with Gasteiger partial charge in [-0.3, -0.25) is 19.2 Å². The lowest BCUT2D eigenvalue weighted by atomic mass is 10.1. The number of carbonyl (C=O) groups excluding carboxylic acids is 4. The van der Waals surface area contributed by atoms with Gasteiger partial charge in [-0.05, 0) is 33.4 Å². The van der Waals surface area contributed by atoms with E-state index in [4.69, 9.17) is 18.9 Å². The number of hydrogen-bond donors (Lipinski definition) is 0. The van der Waals surface area contributed by atoms with E-state index in [2.05, 4.69) is 54.5 Å². The zero-order valence-corrected chi connectivity index (χ0v) is 50.5. The quantitative estimate of drug-likeness (QED) is 0.0328. The van der Waals surface area contributed by atoms with Gasteiger partial charge in [0.1, 0.15) is 0 Å². The molecule has 0 saturated carbocycles. The summed E-state index contributed by atoms with van der Waals surface area (Å²) in [5.41, 5.74) is 0. The van der Waals surface area contributed by atoms with Crippen LogP contribution >= 0.6 is 0 Å². The van der Waals surface area contributed by atoms with Crippen molar-refractivity contribution in [2.45, 2.75) is 278 Å². The third-order valence-electron chi connectivity index (χ3n) is 15.0. The van der Waals surface area contributed by atoms with Crippen molar-refractivity contribution in [3.63, 3.8) is 0 Å². The molecule has 0 aromatic rings. The SMILES string of the molecule is CCCCCCCCCCCCCCOC(=O)CCN(CCC(=O)OC)CCN(C)CCN(C)CCN(CCC(=O)OCCCCCCCCCCCCCC)CCC(=O)OCCCCCCCCCCCCCC. The van der Waals surface area contributed by atoms with Crippen LogP contribution in [0.3, 0.4) is 0 Å². The summed E-state index contributed by atoms with van der Waals surface area (Å²) in [5.74, 6) is -0.763. The lowest BCUT2D eigenvalue weighted by Gasteiger charge is -2.28. The van der Waals surface area contributed by atoms with Crippen LogP contribution in [0, 0.1) is 0 Å². The Morgan fingerprint density at radius 2 is 0.467 bits per heavy atom. The summed E-state index contributed by atoms with van der Waals surface area (Å²) in [6, 6.07) is 0. The van der Waals surface area contributed by atoms with Crippen molar-refractivity contribution >= 4 is 23.9 Å². The second kappa shape index (κ2) is 57.9. The molecule has 0 aliphatic heterocycles. The van der Waals surface area contributed by atoms with E-state index in [1.165, 1.54) is 200 Å². The normalized spacial score (nSPS) is 11.7. The molecule has 0 aliphatic carbocycles. The average Bonchev–Trinajstić information content (AvgIpc) is 3.41. The van der Waals surface area contributed by atoms with Crippen LogP contribution in [0.4, 0.5) is 0 Å². The first-order valence-corrected chi connectivity index (χ1v) is 32.0. The molecule has 0 N–H and O–H groups in total. The Kier molecular flexibility index (Phi) is 56.1. The van der Waals surface area contributed by atoms with Gasteiger partial charge in [0.15, 0.2) is 0 Å². The molecule has 0 aromatic carbocycles. The van der Waals surface area contributed by atoms with Crippen LogP contribution in [0.15, 0.2) is 0 Å². The molecule has 0 fully saturated rings. The molecule has 0 aliphatic rings. The average molecular weight is 1070 g/mol. The summed E-state index contributed by atoms with van der Waals surface area (Å²) >= 11 is 0. The lowest BCUT2D eigenvalue weighted by Crippen LogP contribution is -2.40. The largest absolute Gasteiger partial charge is 0.469 e. The minimum atomic E-state index is -0.253. The fourth-order valence-electron chi connectivity index (χ4n) is 9.56. The Hall–Kier alpha value is -2.28. The number of ether oxygens (including phenoxy) is 4. The second-order valence-electron chi connectivity index (χ2n) is 22.2. The van der Waals surface area contributed by atoms with Crippen LogP contribution in [0.5, 0.6) is 0 Å². The molecule has 0 radical (unpaired) electrons. The van der Waals surface area contributed by atoms with Gasteiger partial charge < -0.3 is 38.5 Å². The third kappa shape index (κ3) is 54.9. The number of likely N-dealkylation sites (N-methyl/N-ethyl adjacent to an activating group) is 2. The summed E-state index contributed by atoms with van der Waals surface area (Å²) in [7, 11) is 5.63. The van der Waals surface area contributed by atoms with Crippen LogP contribution in [-0.2, 0) is 38.1 Å². The van der Waals surface area contributed by atoms with Crippen molar-refractivity contribution in [3.05, 3.63) is 0 Å². The topological polar surface area (TPSA) is 118 Å². The van der Waals surface area contributed by atoms with E-state index in [-0.39, 0.29) is 30.3 Å². The highest BCUT2D eigenvalue weighted by molar-refractivity contribution is 5.70. The molecular formula is C63H124N4O8. The highest BCUT2D eigenvalue weighted by Crippen LogP contribution is 2.15. The van der Waals surface area contributed by atoms with Crippen molar-refractivity contribution < 1.29 is 38.1 Å². The van der Waals surface area contributed by atoms with Crippen molar-refractivity contribution in [2.75, 3.05) is 106 Å². The van der Waals surface area contributed by atoms with Gasteiger partial charge in [-0.2, -0.15) is 0 Å². The molecule has 0 atom stereocenters. The minimum Gasteiger partial charge on any atom is -0.469 e. The van der Waals surface area contributed by atoms with E-state index in [0.717, 1.165) is 77.8 Å². The number of unbranched alkanes of at least 4 members (excludes halogenated alkanes) is 33. The number of nitrogens with zero attached hydrogens (tertiary/aromatic N) is 4. The number of esters is 4. The number of hydrogen-bond acceptors (Lipinski definition) is 12. The lowest BCUT2D eigenvalue weighted by molar-refractivity contribution is -0.145. The maximum Gasteiger partial charge on any atom is 0.307 e. The molecule has 0 heterocycles. The summed E-state index contributed by atoms with van der Waals surface area (Å²) in [5, 5.41) is 0. The van der Waals surface area contributed by atoms with Crippen molar-refractivity contribution in [1.82, 2.24) is 19.6 Å². The number of methoxy groups -OCH3 is 1. The van der Waals surface area contributed by atoms with Crippen LogP contribution in [0.25, 0.3) is 0 Å². The zero-order chi connectivity index (χ0) is 54.9. The van der Waals surface area contributed by atoms with Gasteiger partial charge in [0.05, 0.1) is 52.6 Å². The van der Waals surface area contributed by atoms with Gasteiger partial charge in [0, 0.05) is 65.4 Å². The highest BCUT2D eigenvalue weighted by atomic mass is 16.5. The molecule has 12 heteroatoms. The van der Waals surface area contributed by atoms with E-state index in [1.807, 2.05) is 0 Å². The van der Waals surface area contributed by atoms with E-state index in [1.54, 1.807) is 0 Å². The van der Waals surface area contributed by atoms with Gasteiger partial charge in [-0.25, -0.2) is 0 Å². The predicted octanol–water partition coefficient (Wildman–Crippen LogP) is 14.9. The molecule has 0 amide bonds. The first-order chi connectivity index (χ1) is 36.6. The van der Waals surface area contributed by atoms with Crippen LogP contribution in [0.2, 0.25) is 0 Å². The summed E-state index contributed by atoms with van der Waals surface area (Å²) in [6.45, 7) is 15.1. The van der Waals surface area contributed by atoms with Crippen LogP contribution in [-0.4, -0.2) is 150 Å². The van der Waals surface area contributed by atoms with E-state index < -0.39 is 0 Å². The van der Waals surface area contributed by atoms with Crippen LogP contribution in [0.1, 0.15) is 278 Å². The molecule has 75 heavy (non-hydrogen) atoms. The van der Waals surface area contributed by atoms with Crippen LogP contribution < -0.4 is 0 Å². The monoisotopic (exact) mass is 1060 g/mol. The molecule has 0 rings (SSSR count). The Balaban J connectivity index is 4.79. The molecular weight excluding hydrogens is 941 g/mol. The molecule has 0 spiro atoms. The van der Waals surface area contributed by atoms with Gasteiger partial charge in [-0.1, -0.05) is 233 Å². The number of carbonyl (C=O) groups is 4. The van der Waals surface area contributed by atoms with Gasteiger partial charge in [-0.15, -0.1) is 0 Å². The minimum absolute atomic E-state index is 0.167. The van der Waals surface area contributed by atoms with Crippen molar-refractivity contribution in [1.29, 1.82) is 0 Å². The second-order valence-corrected chi connectivity index (χ2v) is 22.2. The third-order valence-corrected chi connectivity index (χ3v) is 15.0. The Bertz CT molecular complexity index is 1210. The fourth-order valence-corrected chi connectivity index (χ4v) is 9.56. The molecule has 0 unspecified atom stereocenters. The van der Waals surface area contributed by atoms with E-state index in [9.17, 15) is 19.2 Å². The fraction of sp³-hybridized carbons (Fsp3) is 0.937. The molecule has 0 saturated heterocycles. The van der Waals surface area contributed by atoms with Gasteiger partial charge in [0.25, 0.3) is 0 Å². The van der Waals surface area contributed by atoms with E-state index >= 15 is 0 Å². The Morgan fingerprint density at radius 1 is 0.267 bits per heavy atom. The predicted molar refractivity (Wildman–Crippen MR) is 314 cm³/mol. The molecule has 12 nitrogen and oxygen atoms in total. The molecule has 0 bridgehead atoms. The smallest absolute Gasteiger partial charge is 0.307 e. The first-order valence-electron chi connectivity index (χ1n) is 32.0. The first kappa shape index (κ1) is 72.7. The summed E-state index contributed by atoms with van der Waals surface area (Å²) in [4.78, 5) is 59.3. The Morgan fingerprint density at radius 3 is 0.693 bits per heavy atom. The zero-order valence-electron chi connectivity index (χ0n) is 50.5.